The van der Waals surface area contributed by atoms with Gasteiger partial charge in [-0.1, -0.05) is 289 Å². The van der Waals surface area contributed by atoms with Crippen molar-refractivity contribution in [2.45, 2.75) is 303 Å². The van der Waals surface area contributed by atoms with Crippen LogP contribution in [0.5, 0.6) is 0 Å². The Hall–Kier alpha value is -5.06. The van der Waals surface area contributed by atoms with Crippen molar-refractivity contribution in [1.29, 1.82) is 0 Å². The number of hydrogen-bond acceptors (Lipinski definition) is 15. The van der Waals surface area contributed by atoms with Crippen molar-refractivity contribution in [3.63, 3.8) is 0 Å². The molecule has 100 heavy (non-hydrogen) atoms. The molecule has 0 aliphatic heterocycles. The van der Waals surface area contributed by atoms with Crippen LogP contribution in [0.15, 0.2) is 146 Å². The van der Waals surface area contributed by atoms with Gasteiger partial charge >= 0.3 is 39.5 Å². The van der Waals surface area contributed by atoms with E-state index in [0.717, 1.165) is 122 Å². The fraction of sp³-hybridized carbons (Fsp3) is 0.654. The van der Waals surface area contributed by atoms with Crippen LogP contribution >= 0.6 is 15.6 Å². The van der Waals surface area contributed by atoms with Gasteiger partial charge < -0.3 is 33.8 Å². The van der Waals surface area contributed by atoms with Gasteiger partial charge in [-0.25, -0.2) is 9.13 Å². The maximum absolute atomic E-state index is 13.1. The molecule has 19 heteroatoms. The number of allylic oxidation sites excluding steroid dienone is 23. The van der Waals surface area contributed by atoms with Gasteiger partial charge in [-0.05, 0) is 116 Å². The fourth-order valence-electron chi connectivity index (χ4n) is 9.61. The van der Waals surface area contributed by atoms with Gasteiger partial charge in [0.05, 0.1) is 32.8 Å². The molecule has 0 saturated carbocycles. The largest absolute Gasteiger partial charge is 0.472 e. The van der Waals surface area contributed by atoms with Crippen LogP contribution in [-0.4, -0.2) is 96.7 Å². The summed E-state index contributed by atoms with van der Waals surface area (Å²) >= 11 is 0. The Morgan fingerprint density at radius 2 is 0.580 bits per heavy atom. The van der Waals surface area contributed by atoms with Crippen molar-refractivity contribution < 1.29 is 80.2 Å². The van der Waals surface area contributed by atoms with Crippen LogP contribution in [0, 0.1) is 0 Å². The molecule has 17 nitrogen and oxygen atoms in total. The van der Waals surface area contributed by atoms with Gasteiger partial charge in [0, 0.05) is 19.3 Å². The summed E-state index contributed by atoms with van der Waals surface area (Å²) in [6.07, 6.45) is 81.8. The number of carbonyl (C=O) groups excluding carboxylic acids is 4. The number of ether oxygens (including phenoxy) is 4. The minimum atomic E-state index is -5.02. The lowest BCUT2D eigenvalue weighted by Crippen LogP contribution is -2.30. The van der Waals surface area contributed by atoms with Crippen molar-refractivity contribution in [3.05, 3.63) is 146 Å². The monoisotopic (exact) mass is 1440 g/mol. The summed E-state index contributed by atoms with van der Waals surface area (Å²) < 4.78 is 68.2. The highest BCUT2D eigenvalue weighted by molar-refractivity contribution is 7.47. The van der Waals surface area contributed by atoms with Crippen LogP contribution in [-0.2, 0) is 65.4 Å². The van der Waals surface area contributed by atoms with E-state index in [1.165, 1.54) is 77.0 Å². The van der Waals surface area contributed by atoms with Crippen molar-refractivity contribution in [1.82, 2.24) is 0 Å². The molecule has 0 rings (SSSR count). The molecule has 5 atom stereocenters. The first-order valence-electron chi connectivity index (χ1n) is 38.1. The number of rotatable bonds is 70. The maximum Gasteiger partial charge on any atom is 0.472 e. The zero-order valence-corrected chi connectivity index (χ0v) is 63.9. The topological polar surface area (TPSA) is 237 Å². The number of hydrogen-bond donors (Lipinski definition) is 3. The molecule has 570 valence electrons. The Balaban J connectivity index is 5.47. The number of phosphoric acid groups is 2. The Bertz CT molecular complexity index is 2470. The van der Waals surface area contributed by atoms with E-state index in [9.17, 15) is 43.2 Å². The van der Waals surface area contributed by atoms with Gasteiger partial charge in [0.25, 0.3) is 0 Å². The molecule has 0 aliphatic rings. The molecule has 0 fully saturated rings. The number of unbranched alkanes of at least 4 members (excludes halogenated alkanes) is 21. The van der Waals surface area contributed by atoms with E-state index in [0.29, 0.717) is 32.1 Å². The maximum atomic E-state index is 13.1. The standard InChI is InChI=1S/C81H134O17P2/c1-5-9-13-17-21-25-29-32-35-36-37-38-41-43-47-50-54-58-62-66-79(84)92-72-77(98-81(86)68-64-60-56-52-48-44-40-34-31-27-23-19-15-11-7-3)74-96-100(89,90)94-70-75(82)69-93-99(87,88)95-73-76(97-80(85)67-63-59-55-51-45-28-24-20-16-12-8-4)71-91-78(83)65-61-57-53-49-46-42-39-33-30-26-22-18-14-10-6-2/h9,11,13,15,21,23,25,27,32-35,37-40,43,47-48,52,54,58,60,64,75-77,82H,5-8,10,12,14,16-20,22,24,26,28-31,36,41-42,44-46,49-51,53,55-57,59,61-63,65-74H2,1-4H3,(H,87,88)(H,89,90)/b13-9-,15-11-,25-21-,27-23-,35-32-,38-37-,39-33-,40-34-,47-43-,52-48-,58-54-,64-60-. The van der Waals surface area contributed by atoms with Gasteiger partial charge in [-0.15, -0.1) is 0 Å². The average molecular weight is 1440 g/mol. The van der Waals surface area contributed by atoms with E-state index >= 15 is 0 Å². The third-order valence-electron chi connectivity index (χ3n) is 15.3. The molecule has 0 amide bonds. The summed E-state index contributed by atoms with van der Waals surface area (Å²) in [5.41, 5.74) is 0. The lowest BCUT2D eigenvalue weighted by Gasteiger charge is -2.21. The van der Waals surface area contributed by atoms with Crippen molar-refractivity contribution in [3.8, 4) is 0 Å². The first kappa shape index (κ1) is 94.9. The second kappa shape index (κ2) is 72.3. The van der Waals surface area contributed by atoms with Gasteiger partial charge in [-0.2, -0.15) is 0 Å². The number of carbonyl (C=O) groups is 4. The molecule has 0 heterocycles. The molecule has 0 aliphatic carbocycles. The molecule has 0 aromatic carbocycles. The molecule has 0 saturated heterocycles. The predicted molar refractivity (Wildman–Crippen MR) is 408 cm³/mol. The molecule has 5 unspecified atom stereocenters. The molecule has 0 radical (unpaired) electrons. The molecule has 0 aromatic heterocycles. The van der Waals surface area contributed by atoms with E-state index < -0.39 is 97.5 Å². The SMILES string of the molecule is CC/C=C\C/C=C\C/C=C\C/C=C\C/C=C\C/C=C\CCC(=O)OCC(COP(=O)(O)OCC(O)COP(=O)(O)OCC(COC(=O)CCCCCCC/C=C\CCCCCCCC)OC(=O)CCCCCCCCCCCCC)OC(=O)C/C=C\C/C=C\C/C=C\C/C=C\C/C=C\CC. The minimum Gasteiger partial charge on any atom is -0.462 e. The lowest BCUT2D eigenvalue weighted by atomic mass is 10.1. The highest BCUT2D eigenvalue weighted by Crippen LogP contribution is 2.45. The molecule has 3 N–H and O–H groups in total. The average Bonchev–Trinajstić information content (AvgIpc) is 0.985. The van der Waals surface area contributed by atoms with Gasteiger partial charge in [0.2, 0.25) is 0 Å². The summed E-state index contributed by atoms with van der Waals surface area (Å²) in [5.74, 6) is -2.44. The number of aliphatic hydroxyl groups excluding tert-OH is 1. The van der Waals surface area contributed by atoms with Gasteiger partial charge in [-0.3, -0.25) is 37.3 Å². The summed E-state index contributed by atoms with van der Waals surface area (Å²) in [6.45, 7) is 4.41. The lowest BCUT2D eigenvalue weighted by molar-refractivity contribution is -0.161. The van der Waals surface area contributed by atoms with Crippen molar-refractivity contribution >= 4 is 39.5 Å². The third-order valence-corrected chi connectivity index (χ3v) is 17.2. The van der Waals surface area contributed by atoms with Crippen LogP contribution in [0.25, 0.3) is 0 Å². The Morgan fingerprint density at radius 1 is 0.300 bits per heavy atom. The first-order chi connectivity index (χ1) is 48.7. The van der Waals surface area contributed by atoms with E-state index in [4.69, 9.17) is 37.0 Å². The van der Waals surface area contributed by atoms with Gasteiger partial charge in [0.15, 0.2) is 12.2 Å². The number of aliphatic hydroxyl groups is 1. The highest BCUT2D eigenvalue weighted by atomic mass is 31.2. The van der Waals surface area contributed by atoms with Gasteiger partial charge in [0.1, 0.15) is 19.3 Å². The Kier molecular flexibility index (Phi) is 68.6. The zero-order valence-electron chi connectivity index (χ0n) is 62.1. The Morgan fingerprint density at radius 3 is 0.950 bits per heavy atom. The summed E-state index contributed by atoms with van der Waals surface area (Å²) in [6, 6.07) is 0. The zero-order chi connectivity index (χ0) is 73.2. The van der Waals surface area contributed by atoms with E-state index in [-0.39, 0.29) is 25.7 Å². The Labute approximate surface area is 605 Å². The summed E-state index contributed by atoms with van der Waals surface area (Å²) in [7, 11) is -10.0. The first-order valence-corrected chi connectivity index (χ1v) is 41.1. The number of phosphoric ester groups is 2. The van der Waals surface area contributed by atoms with Crippen LogP contribution < -0.4 is 0 Å². The second-order valence-corrected chi connectivity index (χ2v) is 27.8. The highest BCUT2D eigenvalue weighted by Gasteiger charge is 2.30. The van der Waals surface area contributed by atoms with Crippen LogP contribution in [0.4, 0.5) is 0 Å². The van der Waals surface area contributed by atoms with Crippen molar-refractivity contribution in [2.75, 3.05) is 39.6 Å². The minimum absolute atomic E-state index is 0.0124. The normalized spacial score (nSPS) is 14.8. The van der Waals surface area contributed by atoms with E-state index in [2.05, 4.69) is 131 Å². The number of esters is 4. The summed E-state index contributed by atoms with van der Waals surface area (Å²) in [5, 5.41) is 10.6. The molecule has 0 spiro atoms. The molecule has 0 bridgehead atoms. The van der Waals surface area contributed by atoms with E-state index in [1.807, 2.05) is 30.4 Å². The van der Waals surface area contributed by atoms with E-state index in [1.54, 1.807) is 12.2 Å². The second-order valence-electron chi connectivity index (χ2n) is 24.8. The van der Waals surface area contributed by atoms with Crippen LogP contribution in [0.2, 0.25) is 0 Å². The van der Waals surface area contributed by atoms with Crippen LogP contribution in [0.1, 0.15) is 285 Å². The summed E-state index contributed by atoms with van der Waals surface area (Å²) in [4.78, 5) is 72.7. The fourth-order valence-corrected chi connectivity index (χ4v) is 11.2. The molecular weight excluding hydrogens is 1310 g/mol. The van der Waals surface area contributed by atoms with Crippen molar-refractivity contribution in [2.24, 2.45) is 0 Å². The smallest absolute Gasteiger partial charge is 0.462 e. The quantitative estimate of drug-likeness (QED) is 0.0169. The predicted octanol–water partition coefficient (Wildman–Crippen LogP) is 21.9. The molecular formula is C81H134O17P2. The molecule has 0 aromatic rings. The van der Waals surface area contributed by atoms with Crippen LogP contribution in [0.3, 0.4) is 0 Å². The third kappa shape index (κ3) is 71.3.